The van der Waals surface area contributed by atoms with Gasteiger partial charge in [-0.1, -0.05) is 36.4 Å². The van der Waals surface area contributed by atoms with E-state index in [1.807, 2.05) is 42.5 Å². The predicted molar refractivity (Wildman–Crippen MR) is 128 cm³/mol. The minimum atomic E-state index is -3.93. The summed E-state index contributed by atoms with van der Waals surface area (Å²) in [6.45, 7) is 6.16. The van der Waals surface area contributed by atoms with Gasteiger partial charge in [-0.2, -0.15) is 17.6 Å². The normalized spacial score (nSPS) is 12.4. The number of hydrogen-bond acceptors (Lipinski definition) is 4. The number of carbonyl (C=O) groups excluding carboxylic acids is 1. The molecule has 8 heteroatoms. The maximum atomic E-state index is 13.7. The molecule has 1 heterocycles. The average molecular weight is 452 g/mol. The summed E-state index contributed by atoms with van der Waals surface area (Å²) in [5.74, 6) is -0.348. The van der Waals surface area contributed by atoms with Crippen LogP contribution < -0.4 is 10.2 Å². The molecule has 4 aromatic rings. The quantitative estimate of drug-likeness (QED) is 0.414. The molecule has 0 aliphatic rings. The Bertz CT molecular complexity index is 1400. The minimum Gasteiger partial charge on any atom is -0.369 e. The van der Waals surface area contributed by atoms with Crippen molar-refractivity contribution in [2.45, 2.75) is 25.2 Å². The van der Waals surface area contributed by atoms with E-state index in [-0.39, 0.29) is 17.2 Å². The summed E-state index contributed by atoms with van der Waals surface area (Å²) in [5, 5.41) is 6.49. The van der Waals surface area contributed by atoms with Crippen LogP contribution in [0.2, 0.25) is 0 Å². The molecule has 0 atom stereocenters. The SMILES string of the molecule is CC[N+](CC)(CCC(N)=O)c1ccc2cnn(S(=O)(=O)c3cccc4ccccc34)c2c1. The average Bonchev–Trinajstić information content (AvgIpc) is 3.24. The number of fused-ring (bicyclic) bond motifs is 2. The van der Waals surface area contributed by atoms with Crippen molar-refractivity contribution in [1.82, 2.24) is 13.7 Å². The third-order valence-electron chi connectivity index (χ3n) is 6.32. The van der Waals surface area contributed by atoms with E-state index in [9.17, 15) is 13.2 Å². The third-order valence-corrected chi connectivity index (χ3v) is 7.98. The van der Waals surface area contributed by atoms with Gasteiger partial charge in [-0.15, -0.1) is 0 Å². The van der Waals surface area contributed by atoms with Crippen LogP contribution in [0.5, 0.6) is 0 Å². The fraction of sp³-hybridized carbons (Fsp3) is 0.250. The van der Waals surface area contributed by atoms with E-state index in [0.717, 1.165) is 33.6 Å². The molecular weight excluding hydrogens is 424 g/mol. The van der Waals surface area contributed by atoms with Gasteiger partial charge >= 0.3 is 0 Å². The first-order chi connectivity index (χ1) is 15.3. The summed E-state index contributed by atoms with van der Waals surface area (Å²) in [6, 6.07) is 18.4. The van der Waals surface area contributed by atoms with Gasteiger partial charge in [-0.3, -0.25) is 9.28 Å². The van der Waals surface area contributed by atoms with Crippen LogP contribution in [0, 0.1) is 0 Å². The van der Waals surface area contributed by atoms with Crippen molar-refractivity contribution in [1.29, 1.82) is 0 Å². The van der Waals surface area contributed by atoms with Crippen LogP contribution in [0.25, 0.3) is 21.7 Å². The molecule has 0 aliphatic heterocycles. The first-order valence-electron chi connectivity index (χ1n) is 10.7. The molecule has 0 saturated carbocycles. The summed E-state index contributed by atoms with van der Waals surface area (Å²) in [5.41, 5.74) is 6.85. The highest BCUT2D eigenvalue weighted by Crippen LogP contribution is 2.31. The molecular formula is C24H27N4O3S+. The van der Waals surface area contributed by atoms with Crippen molar-refractivity contribution in [3.63, 3.8) is 0 Å². The number of carbonyl (C=O) groups is 1. The summed E-state index contributed by atoms with van der Waals surface area (Å²) in [4.78, 5) is 11.7. The second kappa shape index (κ2) is 8.37. The van der Waals surface area contributed by atoms with Crippen LogP contribution in [0.4, 0.5) is 5.69 Å². The second-order valence-corrected chi connectivity index (χ2v) is 9.67. The monoisotopic (exact) mass is 451 g/mol. The molecule has 0 fully saturated rings. The molecule has 1 amide bonds. The fourth-order valence-electron chi connectivity index (χ4n) is 4.34. The molecule has 4 rings (SSSR count). The number of quaternary nitrogens is 1. The van der Waals surface area contributed by atoms with Crippen molar-refractivity contribution < 1.29 is 13.2 Å². The zero-order valence-electron chi connectivity index (χ0n) is 18.2. The van der Waals surface area contributed by atoms with Crippen LogP contribution in [0.3, 0.4) is 0 Å². The van der Waals surface area contributed by atoms with E-state index < -0.39 is 10.0 Å². The van der Waals surface area contributed by atoms with Crippen molar-refractivity contribution in [2.24, 2.45) is 5.73 Å². The molecule has 3 aromatic carbocycles. The van der Waals surface area contributed by atoms with Crippen LogP contribution >= 0.6 is 0 Å². The predicted octanol–water partition coefficient (Wildman–Crippen LogP) is 3.65. The van der Waals surface area contributed by atoms with Gasteiger partial charge in [0.15, 0.2) is 0 Å². The summed E-state index contributed by atoms with van der Waals surface area (Å²) in [6.07, 6.45) is 1.82. The van der Waals surface area contributed by atoms with Crippen molar-refractivity contribution in [3.8, 4) is 0 Å². The van der Waals surface area contributed by atoms with Crippen LogP contribution in [0.1, 0.15) is 20.3 Å². The first kappa shape index (κ1) is 22.0. The van der Waals surface area contributed by atoms with Gasteiger partial charge in [0.1, 0.15) is 5.69 Å². The largest absolute Gasteiger partial charge is 0.369 e. The number of aromatic nitrogens is 2. The lowest BCUT2D eigenvalue weighted by molar-refractivity contribution is -0.118. The number of rotatable bonds is 8. The third kappa shape index (κ3) is 3.65. The molecule has 7 nitrogen and oxygen atoms in total. The Balaban J connectivity index is 1.88. The Morgan fingerprint density at radius 2 is 1.72 bits per heavy atom. The lowest BCUT2D eigenvalue weighted by Gasteiger charge is -2.36. The Hall–Kier alpha value is -3.23. The zero-order chi connectivity index (χ0) is 22.9. The first-order valence-corrected chi connectivity index (χ1v) is 12.1. The topological polar surface area (TPSA) is 95.1 Å². The number of primary amides is 1. The van der Waals surface area contributed by atoms with Gasteiger partial charge in [0.2, 0.25) is 5.91 Å². The lowest BCUT2D eigenvalue weighted by atomic mass is 10.1. The smallest absolute Gasteiger partial charge is 0.284 e. The van der Waals surface area contributed by atoms with Crippen LogP contribution in [-0.4, -0.2) is 43.1 Å². The Morgan fingerprint density at radius 1 is 1.00 bits per heavy atom. The van der Waals surface area contributed by atoms with Crippen molar-refractivity contribution >= 4 is 43.3 Å². The molecule has 1 aromatic heterocycles. The molecule has 32 heavy (non-hydrogen) atoms. The van der Waals surface area contributed by atoms with Gasteiger partial charge < -0.3 is 5.73 Å². The number of nitrogens with zero attached hydrogens (tertiary/aromatic N) is 3. The highest BCUT2D eigenvalue weighted by molar-refractivity contribution is 7.90. The lowest BCUT2D eigenvalue weighted by Crippen LogP contribution is -2.50. The maximum absolute atomic E-state index is 13.7. The van der Waals surface area contributed by atoms with E-state index in [4.69, 9.17) is 5.73 Å². The molecule has 0 radical (unpaired) electrons. The highest BCUT2D eigenvalue weighted by atomic mass is 32.2. The van der Waals surface area contributed by atoms with Gasteiger partial charge in [-0.25, -0.2) is 0 Å². The van der Waals surface area contributed by atoms with E-state index >= 15 is 0 Å². The highest BCUT2D eigenvalue weighted by Gasteiger charge is 2.29. The Labute approximate surface area is 187 Å². The molecule has 0 spiro atoms. The molecule has 0 saturated heterocycles. The molecule has 0 unspecified atom stereocenters. The number of benzene rings is 3. The Morgan fingerprint density at radius 3 is 2.44 bits per heavy atom. The van der Waals surface area contributed by atoms with E-state index in [1.54, 1.807) is 24.4 Å². The summed E-state index contributed by atoms with van der Waals surface area (Å²) >= 11 is 0. The molecule has 0 bridgehead atoms. The molecule has 166 valence electrons. The fourth-order valence-corrected chi connectivity index (χ4v) is 5.83. The number of amides is 1. The standard InChI is InChI=1S/C24H26N4O3S/c1-3-28(4-2,15-14-24(25)29)20-13-12-19-17-26-27(22(19)16-20)32(30,31)23-11-7-9-18-8-5-6-10-21(18)23/h5-13,16-17H,3-4,14-15H2,1-2H3,(H-,25,29)/p+1. The number of nitrogens with two attached hydrogens (primary N) is 1. The molecule has 0 aliphatic carbocycles. The number of hydrogen-bond donors (Lipinski definition) is 1. The van der Waals surface area contributed by atoms with Gasteiger partial charge in [0.25, 0.3) is 10.0 Å². The maximum Gasteiger partial charge on any atom is 0.284 e. The van der Waals surface area contributed by atoms with Crippen LogP contribution in [-0.2, 0) is 14.8 Å². The minimum absolute atomic E-state index is 0.214. The van der Waals surface area contributed by atoms with E-state index in [1.165, 1.54) is 0 Å². The van der Waals surface area contributed by atoms with Crippen molar-refractivity contribution in [2.75, 3.05) is 19.6 Å². The van der Waals surface area contributed by atoms with Gasteiger partial charge in [0.05, 0.1) is 42.7 Å². The second-order valence-electron chi connectivity index (χ2n) is 7.93. The molecule has 2 N–H and O–H groups in total. The van der Waals surface area contributed by atoms with E-state index in [2.05, 4.69) is 18.9 Å². The van der Waals surface area contributed by atoms with Crippen LogP contribution in [0.15, 0.2) is 71.8 Å². The van der Waals surface area contributed by atoms with E-state index in [0.29, 0.717) is 21.9 Å². The van der Waals surface area contributed by atoms with Crippen molar-refractivity contribution in [3.05, 3.63) is 66.9 Å². The van der Waals surface area contributed by atoms with Gasteiger partial charge in [-0.05, 0) is 37.4 Å². The summed E-state index contributed by atoms with van der Waals surface area (Å²) < 4.78 is 29.0. The Kier molecular flexibility index (Phi) is 5.75. The van der Waals surface area contributed by atoms with Gasteiger partial charge in [0, 0.05) is 16.8 Å². The zero-order valence-corrected chi connectivity index (χ0v) is 19.0. The summed E-state index contributed by atoms with van der Waals surface area (Å²) in [7, 11) is -3.93.